The molecule has 0 aliphatic rings. The van der Waals surface area contributed by atoms with Gasteiger partial charge in [0.2, 0.25) is 0 Å². The van der Waals surface area contributed by atoms with E-state index in [9.17, 15) is 5.26 Å². The smallest absolute Gasteiger partial charge is 0.0998 e. The average molecular weight is 516 g/mol. The first kappa shape index (κ1) is 23.0. The summed E-state index contributed by atoms with van der Waals surface area (Å²) < 4.78 is 2.42. The van der Waals surface area contributed by atoms with E-state index in [4.69, 9.17) is 0 Å². The highest BCUT2D eigenvalue weighted by molar-refractivity contribution is 7.26. The third kappa shape index (κ3) is 4.06. The van der Waals surface area contributed by atoms with E-state index in [1.165, 1.54) is 25.7 Å². The first-order valence-electron chi connectivity index (χ1n) is 12.7. The summed E-state index contributed by atoms with van der Waals surface area (Å²) in [6.07, 6.45) is 7.42. The fourth-order valence-electron chi connectivity index (χ4n) is 5.26. The van der Waals surface area contributed by atoms with Gasteiger partial charge < -0.3 is 0 Å². The highest BCUT2D eigenvalue weighted by Gasteiger charge is 2.16. The van der Waals surface area contributed by atoms with Crippen molar-refractivity contribution in [3.63, 3.8) is 0 Å². The molecule has 3 heterocycles. The summed E-state index contributed by atoms with van der Waals surface area (Å²) in [7, 11) is 0. The lowest BCUT2D eigenvalue weighted by Crippen LogP contribution is -1.87. The maximum atomic E-state index is 9.77. The van der Waals surface area contributed by atoms with Crippen LogP contribution in [0.15, 0.2) is 128 Å². The highest BCUT2D eigenvalue weighted by Crippen LogP contribution is 2.45. The molecule has 0 saturated carbocycles. The Balaban J connectivity index is 1.49. The lowest BCUT2D eigenvalue weighted by molar-refractivity contribution is 1.32. The molecule has 0 unspecified atom stereocenters. The van der Waals surface area contributed by atoms with Crippen LogP contribution in [-0.4, -0.2) is 9.97 Å². The van der Waals surface area contributed by atoms with Gasteiger partial charge in [0.15, 0.2) is 0 Å². The molecule has 7 aromatic rings. The van der Waals surface area contributed by atoms with Crippen LogP contribution in [0.3, 0.4) is 0 Å². The predicted molar refractivity (Wildman–Crippen MR) is 161 cm³/mol. The van der Waals surface area contributed by atoms with Gasteiger partial charge in [-0.15, -0.1) is 11.3 Å². The van der Waals surface area contributed by atoms with Crippen molar-refractivity contribution in [1.82, 2.24) is 9.97 Å². The van der Waals surface area contributed by atoms with Crippen LogP contribution in [0.25, 0.3) is 64.7 Å². The minimum absolute atomic E-state index is 0.688. The molecule has 3 nitrogen and oxygen atoms in total. The minimum Gasteiger partial charge on any atom is -0.264 e. The van der Waals surface area contributed by atoms with E-state index in [0.717, 1.165) is 38.9 Å². The number of nitrogens with zero attached hydrogens (tertiary/aromatic N) is 3. The number of thiophene rings is 1. The maximum Gasteiger partial charge on any atom is 0.0998 e. The molecule has 0 saturated heterocycles. The van der Waals surface area contributed by atoms with Crippen molar-refractivity contribution >= 4 is 31.5 Å². The number of hydrogen-bond acceptors (Lipinski definition) is 4. The molecule has 4 heteroatoms. The molecule has 4 aromatic carbocycles. The molecule has 0 amide bonds. The van der Waals surface area contributed by atoms with Gasteiger partial charge in [-0.2, -0.15) is 5.26 Å². The van der Waals surface area contributed by atoms with Crippen LogP contribution < -0.4 is 0 Å². The molecular formula is C35H21N3S. The summed E-state index contributed by atoms with van der Waals surface area (Å²) in [5.41, 5.74) is 9.45. The van der Waals surface area contributed by atoms with Gasteiger partial charge in [0.1, 0.15) is 0 Å². The monoisotopic (exact) mass is 515 g/mol. The molecule has 39 heavy (non-hydrogen) atoms. The van der Waals surface area contributed by atoms with Gasteiger partial charge in [0.05, 0.1) is 11.6 Å². The second-order valence-electron chi connectivity index (χ2n) is 9.41. The van der Waals surface area contributed by atoms with Crippen molar-refractivity contribution < 1.29 is 0 Å². The van der Waals surface area contributed by atoms with Crippen LogP contribution in [0.5, 0.6) is 0 Å². The van der Waals surface area contributed by atoms with Crippen molar-refractivity contribution in [2.45, 2.75) is 0 Å². The van der Waals surface area contributed by atoms with E-state index in [1.807, 2.05) is 48.8 Å². The van der Waals surface area contributed by atoms with Gasteiger partial charge in [-0.05, 0) is 58.7 Å². The SMILES string of the molecule is N#Cc1ccccc1-c1cccc2c1sc1c(-c3cc(-c4cccnc4)cc(-c4cccnc4)c3)cccc12. The highest BCUT2D eigenvalue weighted by atomic mass is 32.1. The van der Waals surface area contributed by atoms with Crippen LogP contribution in [0.4, 0.5) is 0 Å². The standard InChI is InChI=1S/C35H21N3S/c36-20-23-7-1-2-10-29(23)31-12-4-14-33-32-13-3-11-30(34(32)39-35(31)33)28-18-26(24-8-5-15-37-21-24)17-27(19-28)25-9-6-16-38-22-25/h1-19,21-22H. The van der Waals surface area contributed by atoms with Gasteiger partial charge in [-0.3, -0.25) is 9.97 Å². The zero-order valence-electron chi connectivity index (χ0n) is 20.9. The largest absolute Gasteiger partial charge is 0.264 e. The molecular weight excluding hydrogens is 494 g/mol. The van der Waals surface area contributed by atoms with Gasteiger partial charge >= 0.3 is 0 Å². The lowest BCUT2D eigenvalue weighted by atomic mass is 9.93. The van der Waals surface area contributed by atoms with Crippen molar-refractivity contribution in [3.05, 3.63) is 133 Å². The number of rotatable bonds is 4. The summed E-state index contributed by atoms with van der Waals surface area (Å²) in [4.78, 5) is 8.73. The van der Waals surface area contributed by atoms with Gasteiger partial charge in [-0.25, -0.2) is 0 Å². The van der Waals surface area contributed by atoms with Crippen LogP contribution in [0.2, 0.25) is 0 Å². The van der Waals surface area contributed by atoms with Crippen LogP contribution in [-0.2, 0) is 0 Å². The summed E-state index contributed by atoms with van der Waals surface area (Å²) in [6, 6.07) is 38.0. The molecule has 3 aromatic heterocycles. The first-order valence-corrected chi connectivity index (χ1v) is 13.5. The Hall–Kier alpha value is -5.11. The topological polar surface area (TPSA) is 49.6 Å². The van der Waals surface area contributed by atoms with E-state index >= 15 is 0 Å². The second-order valence-corrected chi connectivity index (χ2v) is 10.4. The molecule has 0 N–H and O–H groups in total. The predicted octanol–water partition coefficient (Wildman–Crippen LogP) is 9.38. The Morgan fingerprint density at radius 3 is 1.69 bits per heavy atom. The second kappa shape index (κ2) is 9.64. The van der Waals surface area contributed by atoms with Crippen LogP contribution in [0, 0.1) is 11.3 Å². The first-order chi connectivity index (χ1) is 19.3. The molecule has 0 aliphatic carbocycles. The van der Waals surface area contributed by atoms with E-state index in [0.29, 0.717) is 5.56 Å². The van der Waals surface area contributed by atoms with E-state index in [2.05, 4.69) is 82.8 Å². The summed E-state index contributed by atoms with van der Waals surface area (Å²) >= 11 is 1.79. The fraction of sp³-hybridized carbons (Fsp3) is 0. The Labute approximate surface area is 230 Å². The van der Waals surface area contributed by atoms with Crippen molar-refractivity contribution in [2.75, 3.05) is 0 Å². The summed E-state index contributed by atoms with van der Waals surface area (Å²) in [5, 5.41) is 12.2. The molecule has 182 valence electrons. The van der Waals surface area contributed by atoms with Gasteiger partial charge in [0.25, 0.3) is 0 Å². The minimum atomic E-state index is 0.688. The fourth-order valence-corrected chi connectivity index (χ4v) is 6.62. The normalized spacial score (nSPS) is 11.1. The number of fused-ring (bicyclic) bond motifs is 3. The Morgan fingerprint density at radius 2 is 1.08 bits per heavy atom. The number of aromatic nitrogens is 2. The summed E-state index contributed by atoms with van der Waals surface area (Å²) in [6.45, 7) is 0. The zero-order chi connectivity index (χ0) is 26.2. The van der Waals surface area contributed by atoms with Gasteiger partial charge in [0, 0.05) is 67.2 Å². The zero-order valence-corrected chi connectivity index (χ0v) is 21.7. The third-order valence-electron chi connectivity index (χ3n) is 7.10. The molecule has 0 atom stereocenters. The van der Waals surface area contributed by atoms with E-state index in [1.54, 1.807) is 23.7 Å². The molecule has 0 radical (unpaired) electrons. The average Bonchev–Trinajstić information content (AvgIpc) is 3.41. The Bertz CT molecular complexity index is 1960. The quantitative estimate of drug-likeness (QED) is 0.235. The molecule has 0 fully saturated rings. The van der Waals surface area contributed by atoms with Crippen molar-refractivity contribution in [1.29, 1.82) is 5.26 Å². The number of benzene rings is 4. The Morgan fingerprint density at radius 1 is 0.513 bits per heavy atom. The van der Waals surface area contributed by atoms with Crippen molar-refractivity contribution in [3.8, 4) is 50.6 Å². The van der Waals surface area contributed by atoms with Crippen molar-refractivity contribution in [2.24, 2.45) is 0 Å². The molecule has 0 aliphatic heterocycles. The van der Waals surface area contributed by atoms with Crippen LogP contribution in [0.1, 0.15) is 5.56 Å². The third-order valence-corrected chi connectivity index (χ3v) is 8.38. The molecule has 0 spiro atoms. The lowest BCUT2D eigenvalue weighted by Gasteiger charge is -2.11. The maximum absolute atomic E-state index is 9.77. The van der Waals surface area contributed by atoms with Crippen LogP contribution >= 0.6 is 11.3 Å². The number of hydrogen-bond donors (Lipinski definition) is 0. The van der Waals surface area contributed by atoms with E-state index < -0.39 is 0 Å². The Kier molecular flexibility index (Phi) is 5.70. The van der Waals surface area contributed by atoms with E-state index in [-0.39, 0.29) is 0 Å². The van der Waals surface area contributed by atoms with Gasteiger partial charge in [-0.1, -0.05) is 66.7 Å². The molecule has 0 bridgehead atoms. The number of nitriles is 1. The summed E-state index contributed by atoms with van der Waals surface area (Å²) in [5.74, 6) is 0. The number of pyridine rings is 2. The molecule has 7 rings (SSSR count).